The number of ether oxygens (including phenoxy) is 1. The quantitative estimate of drug-likeness (QED) is 0.900. The Morgan fingerprint density at radius 2 is 2.25 bits per heavy atom. The van der Waals surface area contributed by atoms with Crippen LogP contribution >= 0.6 is 0 Å². The van der Waals surface area contributed by atoms with Crippen LogP contribution < -0.4 is 5.32 Å². The number of carbonyl (C=O) groups is 1. The molecule has 0 saturated carbocycles. The molecule has 2 atom stereocenters. The van der Waals surface area contributed by atoms with Crippen LogP contribution in [0, 0.1) is 13.8 Å². The van der Waals surface area contributed by atoms with Crippen LogP contribution in [0.15, 0.2) is 12.3 Å². The minimum atomic E-state index is -0.137. The second kappa shape index (κ2) is 6.76. The smallest absolute Gasteiger partial charge is 0.224 e. The zero-order valence-electron chi connectivity index (χ0n) is 14.7. The lowest BCUT2D eigenvalue weighted by atomic mass is 10.1. The lowest BCUT2D eigenvalue weighted by Gasteiger charge is -2.20. The molecule has 7 heteroatoms. The van der Waals surface area contributed by atoms with Crippen molar-refractivity contribution in [3.05, 3.63) is 34.9 Å². The van der Waals surface area contributed by atoms with Crippen molar-refractivity contribution in [3.8, 4) is 0 Å². The van der Waals surface area contributed by atoms with Gasteiger partial charge < -0.3 is 10.1 Å². The highest BCUT2D eigenvalue weighted by atomic mass is 16.5. The van der Waals surface area contributed by atoms with E-state index < -0.39 is 0 Å². The largest absolute Gasteiger partial charge is 0.370 e. The molecule has 24 heavy (non-hydrogen) atoms. The first-order chi connectivity index (χ1) is 11.5. The number of hydrogen-bond acceptors (Lipinski definition) is 4. The molecule has 0 aromatic carbocycles. The average Bonchev–Trinajstić information content (AvgIpc) is 3.23. The van der Waals surface area contributed by atoms with Crippen LogP contribution in [0.5, 0.6) is 0 Å². The summed E-state index contributed by atoms with van der Waals surface area (Å²) < 4.78 is 9.56. The van der Waals surface area contributed by atoms with Gasteiger partial charge in [-0.15, -0.1) is 0 Å². The molecule has 1 amide bonds. The van der Waals surface area contributed by atoms with Gasteiger partial charge in [0.25, 0.3) is 0 Å². The van der Waals surface area contributed by atoms with Crippen LogP contribution in [-0.2, 0) is 29.5 Å². The number of aromatic nitrogens is 4. The van der Waals surface area contributed by atoms with Crippen LogP contribution in [-0.4, -0.2) is 38.1 Å². The minimum absolute atomic E-state index is 0.0134. The summed E-state index contributed by atoms with van der Waals surface area (Å²) in [5, 5.41) is 11.8. The van der Waals surface area contributed by atoms with Crippen molar-refractivity contribution in [2.24, 2.45) is 7.05 Å². The van der Waals surface area contributed by atoms with Crippen molar-refractivity contribution in [1.82, 2.24) is 24.9 Å². The Hall–Kier alpha value is -2.15. The fourth-order valence-corrected chi connectivity index (χ4v) is 3.41. The lowest BCUT2D eigenvalue weighted by Crippen LogP contribution is -2.38. The summed E-state index contributed by atoms with van der Waals surface area (Å²) in [7, 11) is 1.89. The molecule has 2 aromatic rings. The van der Waals surface area contributed by atoms with Gasteiger partial charge >= 0.3 is 0 Å². The van der Waals surface area contributed by atoms with E-state index in [2.05, 4.69) is 22.4 Å². The van der Waals surface area contributed by atoms with Crippen LogP contribution in [0.4, 0.5) is 0 Å². The monoisotopic (exact) mass is 331 g/mol. The highest BCUT2D eigenvalue weighted by molar-refractivity contribution is 5.79. The molecule has 2 aromatic heterocycles. The zero-order valence-corrected chi connectivity index (χ0v) is 14.7. The van der Waals surface area contributed by atoms with Gasteiger partial charge in [0.15, 0.2) is 0 Å². The molecule has 1 aliphatic rings. The van der Waals surface area contributed by atoms with E-state index >= 15 is 0 Å². The van der Waals surface area contributed by atoms with E-state index in [0.29, 0.717) is 13.0 Å². The van der Waals surface area contributed by atoms with Crippen molar-refractivity contribution in [2.45, 2.75) is 52.3 Å². The third-order valence-corrected chi connectivity index (χ3v) is 4.76. The number of nitrogens with one attached hydrogen (secondary N) is 1. The van der Waals surface area contributed by atoms with E-state index in [-0.39, 0.29) is 18.1 Å². The Bertz CT molecular complexity index is 733. The van der Waals surface area contributed by atoms with Gasteiger partial charge in [0.05, 0.1) is 23.9 Å². The molecule has 0 radical (unpaired) electrons. The number of carbonyl (C=O) groups excluding carboxylic acids is 1. The molecule has 0 aliphatic carbocycles. The van der Waals surface area contributed by atoms with Crippen molar-refractivity contribution in [2.75, 3.05) is 6.61 Å². The third-order valence-electron chi connectivity index (χ3n) is 4.76. The Labute approximate surface area is 142 Å². The normalized spacial score (nSPS) is 20.5. The molecular formula is C17H25N5O2. The van der Waals surface area contributed by atoms with E-state index in [1.54, 1.807) is 10.9 Å². The van der Waals surface area contributed by atoms with Gasteiger partial charge in [-0.05, 0) is 33.3 Å². The van der Waals surface area contributed by atoms with Crippen LogP contribution in [0.2, 0.25) is 0 Å². The summed E-state index contributed by atoms with van der Waals surface area (Å²) in [6, 6.07) is 1.92. The molecule has 0 unspecified atom stereocenters. The zero-order chi connectivity index (χ0) is 17.3. The summed E-state index contributed by atoms with van der Waals surface area (Å²) >= 11 is 0. The molecule has 0 bridgehead atoms. The van der Waals surface area contributed by atoms with E-state index in [9.17, 15) is 4.79 Å². The van der Waals surface area contributed by atoms with Gasteiger partial charge in [-0.2, -0.15) is 10.2 Å². The molecular weight excluding hydrogens is 306 g/mol. The lowest BCUT2D eigenvalue weighted by molar-refractivity contribution is -0.121. The fourth-order valence-electron chi connectivity index (χ4n) is 3.41. The molecule has 1 fully saturated rings. The van der Waals surface area contributed by atoms with Gasteiger partial charge in [0, 0.05) is 37.7 Å². The fraction of sp³-hybridized carbons (Fsp3) is 0.588. The number of aryl methyl sites for hydroxylation is 3. The van der Waals surface area contributed by atoms with E-state index in [1.807, 2.05) is 31.6 Å². The van der Waals surface area contributed by atoms with E-state index in [4.69, 9.17) is 4.74 Å². The van der Waals surface area contributed by atoms with Crippen molar-refractivity contribution >= 4 is 5.91 Å². The first-order valence-electron chi connectivity index (χ1n) is 8.43. The third kappa shape index (κ3) is 3.08. The molecule has 1 saturated heterocycles. The predicted molar refractivity (Wildman–Crippen MR) is 89.5 cm³/mol. The maximum atomic E-state index is 12.5. The Balaban J connectivity index is 1.69. The highest BCUT2D eigenvalue weighted by Gasteiger charge is 2.33. The van der Waals surface area contributed by atoms with Gasteiger partial charge in [0.1, 0.15) is 6.10 Å². The number of hydrogen-bond donors (Lipinski definition) is 1. The Morgan fingerprint density at radius 1 is 1.46 bits per heavy atom. The molecule has 3 heterocycles. The van der Waals surface area contributed by atoms with Crippen molar-refractivity contribution in [3.63, 3.8) is 0 Å². The van der Waals surface area contributed by atoms with Crippen molar-refractivity contribution in [1.29, 1.82) is 0 Å². The predicted octanol–water partition coefficient (Wildman–Crippen LogP) is 1.44. The van der Waals surface area contributed by atoms with E-state index in [1.165, 1.54) is 0 Å². The first kappa shape index (κ1) is 16.7. The minimum Gasteiger partial charge on any atom is -0.370 e. The summed E-state index contributed by atoms with van der Waals surface area (Å²) in [5.74, 6) is 0.0134. The summed E-state index contributed by atoms with van der Waals surface area (Å²) in [6.07, 6.45) is 2.78. The molecule has 1 aliphatic heterocycles. The SMILES string of the molecule is CCn1nc(C)c(CC(=O)N[C@H]2CCO[C@@H]2c2ccnn2C)c1C. The van der Waals surface area contributed by atoms with Crippen molar-refractivity contribution < 1.29 is 9.53 Å². The van der Waals surface area contributed by atoms with E-state index in [0.717, 1.165) is 35.6 Å². The van der Waals surface area contributed by atoms with Crippen LogP contribution in [0.1, 0.15) is 42.1 Å². The van der Waals surface area contributed by atoms with Crippen LogP contribution in [0.3, 0.4) is 0 Å². The maximum absolute atomic E-state index is 12.5. The highest BCUT2D eigenvalue weighted by Crippen LogP contribution is 2.28. The second-order valence-electron chi connectivity index (χ2n) is 6.28. The second-order valence-corrected chi connectivity index (χ2v) is 6.28. The van der Waals surface area contributed by atoms with Crippen LogP contribution in [0.25, 0.3) is 0 Å². The van der Waals surface area contributed by atoms with Gasteiger partial charge in [-0.1, -0.05) is 0 Å². The van der Waals surface area contributed by atoms with Gasteiger partial charge in [-0.25, -0.2) is 0 Å². The Kier molecular flexibility index (Phi) is 4.71. The number of nitrogens with zero attached hydrogens (tertiary/aromatic N) is 4. The first-order valence-corrected chi connectivity index (χ1v) is 8.43. The van der Waals surface area contributed by atoms with Gasteiger partial charge in [0.2, 0.25) is 5.91 Å². The summed E-state index contributed by atoms with van der Waals surface area (Å²) in [5.41, 5.74) is 4.00. The average molecular weight is 331 g/mol. The maximum Gasteiger partial charge on any atom is 0.224 e. The molecule has 3 rings (SSSR count). The molecule has 7 nitrogen and oxygen atoms in total. The molecule has 1 N–H and O–H groups in total. The summed E-state index contributed by atoms with van der Waals surface area (Å²) in [4.78, 5) is 12.5. The topological polar surface area (TPSA) is 74.0 Å². The number of rotatable bonds is 5. The van der Waals surface area contributed by atoms with Gasteiger partial charge in [-0.3, -0.25) is 14.2 Å². The number of amides is 1. The standard InChI is InChI=1S/C17H25N5O2/c1-5-22-12(3)13(11(2)20-22)10-16(23)19-14-7-9-24-17(14)15-6-8-18-21(15)4/h6,8,14,17H,5,7,9-10H2,1-4H3,(H,19,23)/t14-,17-/m0/s1. The molecule has 130 valence electrons. The Morgan fingerprint density at radius 3 is 2.88 bits per heavy atom. The molecule has 0 spiro atoms. The summed E-state index contributed by atoms with van der Waals surface area (Å²) in [6.45, 7) is 7.49.